The monoisotopic (exact) mass is 360 g/mol. The topological polar surface area (TPSA) is 51.9 Å². The van der Waals surface area contributed by atoms with Gasteiger partial charge in [0.15, 0.2) is 0 Å². The van der Waals surface area contributed by atoms with E-state index in [1.807, 2.05) is 48.1 Å². The van der Waals surface area contributed by atoms with Crippen molar-refractivity contribution in [3.8, 4) is 11.4 Å². The summed E-state index contributed by atoms with van der Waals surface area (Å²) in [6.45, 7) is 1.83. The van der Waals surface area contributed by atoms with Gasteiger partial charge in [0, 0.05) is 29.7 Å². The molecule has 0 unspecified atom stereocenters. The second-order valence-corrected chi connectivity index (χ2v) is 6.15. The third kappa shape index (κ3) is 3.50. The van der Waals surface area contributed by atoms with Gasteiger partial charge in [-0.1, -0.05) is 0 Å². The molecule has 1 N–H and O–H groups in total. The average Bonchev–Trinajstić information content (AvgIpc) is 3.33. The number of carbonyl (C=O) groups is 1. The largest absolute Gasteiger partial charge is 0.324 e. The smallest absolute Gasteiger partial charge is 0.256 e. The van der Waals surface area contributed by atoms with Gasteiger partial charge in [0.2, 0.25) is 0 Å². The van der Waals surface area contributed by atoms with Gasteiger partial charge in [-0.25, -0.2) is 9.07 Å². The zero-order valence-corrected chi connectivity index (χ0v) is 14.6. The molecule has 0 bridgehead atoms. The van der Waals surface area contributed by atoms with Crippen molar-refractivity contribution in [1.29, 1.82) is 0 Å². The molecular weight excluding hydrogens is 343 g/mol. The van der Waals surface area contributed by atoms with Crippen LogP contribution in [0.3, 0.4) is 0 Å². The zero-order chi connectivity index (χ0) is 18.8. The summed E-state index contributed by atoms with van der Waals surface area (Å²) in [4.78, 5) is 12.6. The number of benzene rings is 2. The Labute approximate surface area is 155 Å². The number of aromatic nitrogens is 3. The number of carbonyl (C=O) groups excluding carboxylic acids is 1. The normalized spacial score (nSPS) is 10.7. The maximum absolute atomic E-state index is 13.2. The van der Waals surface area contributed by atoms with Gasteiger partial charge in [-0.3, -0.25) is 4.79 Å². The van der Waals surface area contributed by atoms with Crippen LogP contribution in [0.4, 0.5) is 10.2 Å². The molecule has 134 valence electrons. The van der Waals surface area contributed by atoms with Gasteiger partial charge < -0.3 is 9.88 Å². The molecule has 0 saturated carbocycles. The van der Waals surface area contributed by atoms with Crippen LogP contribution in [0.15, 0.2) is 79.1 Å². The predicted molar refractivity (Wildman–Crippen MR) is 102 cm³/mol. The first-order chi connectivity index (χ1) is 13.1. The minimum absolute atomic E-state index is 0.239. The van der Waals surface area contributed by atoms with Gasteiger partial charge in [0.25, 0.3) is 5.91 Å². The van der Waals surface area contributed by atoms with Gasteiger partial charge in [-0.05, 0) is 67.6 Å². The summed E-state index contributed by atoms with van der Waals surface area (Å²) in [5.41, 5.74) is 2.93. The molecule has 0 aliphatic rings. The summed E-state index contributed by atoms with van der Waals surface area (Å²) in [5, 5.41) is 7.26. The van der Waals surface area contributed by atoms with Gasteiger partial charge in [0.05, 0.1) is 11.4 Å². The Morgan fingerprint density at radius 1 is 0.963 bits per heavy atom. The molecule has 2 aromatic heterocycles. The zero-order valence-electron chi connectivity index (χ0n) is 14.6. The van der Waals surface area contributed by atoms with Gasteiger partial charge in [-0.2, -0.15) is 5.10 Å². The molecule has 0 aliphatic carbocycles. The van der Waals surface area contributed by atoms with Crippen LogP contribution in [0.5, 0.6) is 0 Å². The Hall–Kier alpha value is -3.67. The van der Waals surface area contributed by atoms with Gasteiger partial charge >= 0.3 is 0 Å². The van der Waals surface area contributed by atoms with E-state index in [9.17, 15) is 9.18 Å². The standard InChI is InChI=1S/C21H17FN4O/c1-15-14-20(26(24-15)19-10-6-17(22)7-11-19)23-21(27)16-4-8-18(9-5-16)25-12-2-3-13-25/h2-14H,1H3,(H,23,27). The highest BCUT2D eigenvalue weighted by atomic mass is 19.1. The molecule has 1 amide bonds. The summed E-state index contributed by atoms with van der Waals surface area (Å²) < 4.78 is 16.7. The van der Waals surface area contributed by atoms with E-state index in [0.717, 1.165) is 11.4 Å². The lowest BCUT2D eigenvalue weighted by molar-refractivity contribution is 0.102. The Morgan fingerprint density at radius 2 is 1.59 bits per heavy atom. The van der Waals surface area contributed by atoms with Crippen LogP contribution in [0.1, 0.15) is 16.1 Å². The third-order valence-electron chi connectivity index (χ3n) is 4.18. The Bertz CT molecular complexity index is 1060. The molecule has 0 aliphatic heterocycles. The van der Waals surface area contributed by atoms with Crippen molar-refractivity contribution in [3.05, 3.63) is 96.2 Å². The number of aryl methyl sites for hydroxylation is 1. The fourth-order valence-corrected chi connectivity index (χ4v) is 2.85. The molecule has 27 heavy (non-hydrogen) atoms. The van der Waals surface area contributed by atoms with Crippen molar-refractivity contribution in [2.45, 2.75) is 6.92 Å². The van der Waals surface area contributed by atoms with Crippen LogP contribution in [0.25, 0.3) is 11.4 Å². The number of amides is 1. The van der Waals surface area contributed by atoms with Crippen LogP contribution in [0.2, 0.25) is 0 Å². The molecule has 0 atom stereocenters. The molecule has 4 aromatic rings. The highest BCUT2D eigenvalue weighted by molar-refractivity contribution is 6.04. The van der Waals surface area contributed by atoms with E-state index in [1.54, 1.807) is 35.0 Å². The molecule has 0 radical (unpaired) electrons. The SMILES string of the molecule is Cc1cc(NC(=O)c2ccc(-n3cccc3)cc2)n(-c2ccc(F)cc2)n1. The molecule has 5 nitrogen and oxygen atoms in total. The molecule has 0 spiro atoms. The Morgan fingerprint density at radius 3 is 2.26 bits per heavy atom. The van der Waals surface area contributed by atoms with Crippen LogP contribution >= 0.6 is 0 Å². The van der Waals surface area contributed by atoms with E-state index in [2.05, 4.69) is 10.4 Å². The van der Waals surface area contributed by atoms with E-state index in [1.165, 1.54) is 12.1 Å². The predicted octanol–water partition coefficient (Wildman–Crippen LogP) is 4.36. The lowest BCUT2D eigenvalue weighted by Gasteiger charge is -2.10. The number of hydrogen-bond acceptors (Lipinski definition) is 2. The lowest BCUT2D eigenvalue weighted by Crippen LogP contribution is -2.15. The Balaban J connectivity index is 1.57. The fourth-order valence-electron chi connectivity index (χ4n) is 2.85. The minimum atomic E-state index is -0.323. The molecule has 6 heteroatoms. The maximum Gasteiger partial charge on any atom is 0.256 e. The van der Waals surface area contributed by atoms with E-state index >= 15 is 0 Å². The number of halogens is 1. The number of rotatable bonds is 4. The van der Waals surface area contributed by atoms with Crippen LogP contribution < -0.4 is 5.32 Å². The summed E-state index contributed by atoms with van der Waals surface area (Å²) in [6, 6.07) is 18.9. The minimum Gasteiger partial charge on any atom is -0.324 e. The molecule has 2 aromatic carbocycles. The number of hydrogen-bond donors (Lipinski definition) is 1. The van der Waals surface area contributed by atoms with Crippen molar-refractivity contribution in [2.24, 2.45) is 0 Å². The van der Waals surface area contributed by atoms with Gasteiger partial charge in [0.1, 0.15) is 11.6 Å². The molecule has 2 heterocycles. The van der Waals surface area contributed by atoms with Crippen molar-refractivity contribution >= 4 is 11.7 Å². The summed E-state index contributed by atoms with van der Waals surface area (Å²) in [5.74, 6) is -0.0353. The second-order valence-electron chi connectivity index (χ2n) is 6.15. The number of nitrogens with one attached hydrogen (secondary N) is 1. The summed E-state index contributed by atoms with van der Waals surface area (Å²) >= 11 is 0. The first-order valence-electron chi connectivity index (χ1n) is 8.47. The highest BCUT2D eigenvalue weighted by Crippen LogP contribution is 2.19. The Kier molecular flexibility index (Phi) is 4.30. The van der Waals surface area contributed by atoms with Crippen molar-refractivity contribution in [2.75, 3.05) is 5.32 Å². The molecule has 0 saturated heterocycles. The van der Waals surface area contributed by atoms with Crippen LogP contribution in [-0.2, 0) is 0 Å². The third-order valence-corrected chi connectivity index (χ3v) is 4.18. The number of anilines is 1. The first-order valence-corrected chi connectivity index (χ1v) is 8.47. The van der Waals surface area contributed by atoms with E-state index in [-0.39, 0.29) is 11.7 Å². The van der Waals surface area contributed by atoms with Crippen LogP contribution in [-0.4, -0.2) is 20.3 Å². The van der Waals surface area contributed by atoms with E-state index in [0.29, 0.717) is 17.1 Å². The lowest BCUT2D eigenvalue weighted by atomic mass is 10.2. The molecule has 4 rings (SSSR count). The summed E-state index contributed by atoms with van der Waals surface area (Å²) in [7, 11) is 0. The van der Waals surface area contributed by atoms with E-state index in [4.69, 9.17) is 0 Å². The van der Waals surface area contributed by atoms with Crippen LogP contribution in [0, 0.1) is 12.7 Å². The van der Waals surface area contributed by atoms with E-state index < -0.39 is 0 Å². The fraction of sp³-hybridized carbons (Fsp3) is 0.0476. The quantitative estimate of drug-likeness (QED) is 0.588. The maximum atomic E-state index is 13.2. The molecule has 0 fully saturated rings. The summed E-state index contributed by atoms with van der Waals surface area (Å²) in [6.07, 6.45) is 3.89. The first kappa shape index (κ1) is 16.8. The molecular formula is C21H17FN4O. The van der Waals surface area contributed by atoms with Crippen molar-refractivity contribution in [3.63, 3.8) is 0 Å². The average molecular weight is 360 g/mol. The number of nitrogens with zero attached hydrogens (tertiary/aromatic N) is 3. The second kappa shape index (κ2) is 6.92. The van der Waals surface area contributed by atoms with Crippen molar-refractivity contribution in [1.82, 2.24) is 14.3 Å². The highest BCUT2D eigenvalue weighted by Gasteiger charge is 2.13. The van der Waals surface area contributed by atoms with Gasteiger partial charge in [-0.15, -0.1) is 0 Å². The van der Waals surface area contributed by atoms with Crippen molar-refractivity contribution < 1.29 is 9.18 Å².